The second-order valence-electron chi connectivity index (χ2n) is 7.10. The van der Waals surface area contributed by atoms with E-state index in [0.29, 0.717) is 6.04 Å². The molecular formula is C21H27N5. The minimum atomic E-state index is 0.461. The summed E-state index contributed by atoms with van der Waals surface area (Å²) < 4.78 is 0. The van der Waals surface area contributed by atoms with Crippen molar-refractivity contribution in [2.45, 2.75) is 38.6 Å². The minimum absolute atomic E-state index is 0.461. The van der Waals surface area contributed by atoms with Gasteiger partial charge in [0.1, 0.15) is 0 Å². The lowest BCUT2D eigenvalue weighted by Gasteiger charge is -2.27. The Morgan fingerprint density at radius 2 is 2.00 bits per heavy atom. The number of rotatable bonds is 4. The molecule has 0 aliphatic carbocycles. The number of likely N-dealkylation sites (tertiary alicyclic amines) is 1. The molecular weight excluding hydrogens is 322 g/mol. The van der Waals surface area contributed by atoms with Crippen molar-refractivity contribution < 1.29 is 0 Å². The van der Waals surface area contributed by atoms with Gasteiger partial charge in [-0.15, -0.1) is 0 Å². The highest BCUT2D eigenvalue weighted by Crippen LogP contribution is 2.27. The van der Waals surface area contributed by atoms with E-state index in [1.54, 1.807) is 0 Å². The second-order valence-corrected chi connectivity index (χ2v) is 7.10. The van der Waals surface area contributed by atoms with Gasteiger partial charge in [-0.05, 0) is 50.0 Å². The molecule has 3 aromatic rings. The third-order valence-corrected chi connectivity index (χ3v) is 5.41. The van der Waals surface area contributed by atoms with Gasteiger partial charge in [-0.1, -0.05) is 25.5 Å². The molecule has 4 rings (SSSR count). The predicted octanol–water partition coefficient (Wildman–Crippen LogP) is 4.30. The maximum absolute atomic E-state index is 4.59. The first-order valence-corrected chi connectivity index (χ1v) is 9.71. The molecule has 1 fully saturated rings. The average molecular weight is 349 g/mol. The van der Waals surface area contributed by atoms with E-state index in [9.17, 15) is 0 Å². The number of hydrogen-bond acceptors (Lipinski definition) is 4. The van der Waals surface area contributed by atoms with Crippen molar-refractivity contribution in [1.29, 1.82) is 0 Å². The molecule has 1 unspecified atom stereocenters. The van der Waals surface area contributed by atoms with E-state index in [1.165, 1.54) is 36.8 Å². The third-order valence-electron chi connectivity index (χ3n) is 5.41. The van der Waals surface area contributed by atoms with E-state index in [1.807, 2.05) is 18.6 Å². The molecule has 0 spiro atoms. The summed E-state index contributed by atoms with van der Waals surface area (Å²) in [4.78, 5) is 15.0. The number of anilines is 1. The van der Waals surface area contributed by atoms with E-state index in [4.69, 9.17) is 0 Å². The molecule has 0 bridgehead atoms. The molecule has 5 nitrogen and oxygen atoms in total. The Morgan fingerprint density at radius 1 is 1.12 bits per heavy atom. The first-order chi connectivity index (χ1) is 12.8. The second kappa shape index (κ2) is 7.87. The molecule has 26 heavy (non-hydrogen) atoms. The third kappa shape index (κ3) is 3.73. The van der Waals surface area contributed by atoms with Crippen LogP contribution < -0.4 is 5.32 Å². The fraction of sp³-hybridized carbons (Fsp3) is 0.429. The number of nitrogens with one attached hydrogen (secondary N) is 2. The van der Waals surface area contributed by atoms with E-state index in [-0.39, 0.29) is 0 Å². The van der Waals surface area contributed by atoms with Crippen LogP contribution in [0.1, 0.15) is 32.6 Å². The van der Waals surface area contributed by atoms with Gasteiger partial charge in [-0.25, -0.2) is 9.97 Å². The maximum Gasteiger partial charge on any atom is 0.222 e. The van der Waals surface area contributed by atoms with Gasteiger partial charge < -0.3 is 15.2 Å². The Labute approximate surface area is 154 Å². The summed E-state index contributed by atoms with van der Waals surface area (Å²) in [6.45, 7) is 5.78. The van der Waals surface area contributed by atoms with Gasteiger partial charge in [0, 0.05) is 47.6 Å². The number of aromatic amines is 1. The molecule has 1 aliphatic heterocycles. The van der Waals surface area contributed by atoms with Gasteiger partial charge in [-0.2, -0.15) is 0 Å². The Balaban J connectivity index is 1.47. The predicted molar refractivity (Wildman–Crippen MR) is 107 cm³/mol. The number of fused-ring (bicyclic) bond motifs is 1. The number of H-pyrrole nitrogens is 1. The van der Waals surface area contributed by atoms with Gasteiger partial charge in [-0.3, -0.25) is 0 Å². The first-order valence-electron chi connectivity index (χ1n) is 9.71. The van der Waals surface area contributed by atoms with Gasteiger partial charge in [0.15, 0.2) is 0 Å². The molecule has 0 amide bonds. The summed E-state index contributed by atoms with van der Waals surface area (Å²) in [6, 6.07) is 8.84. The quantitative estimate of drug-likeness (QED) is 0.737. The van der Waals surface area contributed by atoms with Crippen molar-refractivity contribution in [3.63, 3.8) is 0 Å². The van der Waals surface area contributed by atoms with Gasteiger partial charge >= 0.3 is 0 Å². The van der Waals surface area contributed by atoms with E-state index >= 15 is 0 Å². The molecule has 1 atom stereocenters. The molecule has 2 N–H and O–H groups in total. The van der Waals surface area contributed by atoms with E-state index in [0.717, 1.165) is 36.5 Å². The van der Waals surface area contributed by atoms with Crippen molar-refractivity contribution in [3.05, 3.63) is 42.9 Å². The Hall–Kier alpha value is -2.40. The molecule has 0 radical (unpaired) electrons. The van der Waals surface area contributed by atoms with Crippen LogP contribution in [0.25, 0.3) is 22.0 Å². The van der Waals surface area contributed by atoms with Crippen LogP contribution in [0.3, 0.4) is 0 Å². The monoisotopic (exact) mass is 349 g/mol. The SMILES string of the molecule is CCN1CCCCC(Nc2ncc(-c3cccc4[nH]ccc34)cn2)CC1. The highest BCUT2D eigenvalue weighted by atomic mass is 15.1. The summed E-state index contributed by atoms with van der Waals surface area (Å²) in [5.41, 5.74) is 3.36. The molecule has 1 aliphatic rings. The summed E-state index contributed by atoms with van der Waals surface area (Å²) >= 11 is 0. The lowest BCUT2D eigenvalue weighted by molar-refractivity contribution is 0.253. The summed E-state index contributed by atoms with van der Waals surface area (Å²) in [5, 5.41) is 4.75. The van der Waals surface area contributed by atoms with Crippen LogP contribution >= 0.6 is 0 Å². The zero-order valence-corrected chi connectivity index (χ0v) is 15.4. The van der Waals surface area contributed by atoms with Gasteiger partial charge in [0.2, 0.25) is 5.95 Å². The maximum atomic E-state index is 4.59. The molecule has 5 heteroatoms. The van der Waals surface area contributed by atoms with Crippen molar-refractivity contribution in [3.8, 4) is 11.1 Å². The first kappa shape index (κ1) is 17.0. The van der Waals surface area contributed by atoms with Gasteiger partial charge in [0.05, 0.1) is 0 Å². The number of aromatic nitrogens is 3. The molecule has 2 aromatic heterocycles. The molecule has 3 heterocycles. The van der Waals surface area contributed by atoms with Crippen LogP contribution in [-0.4, -0.2) is 45.5 Å². The Kier molecular flexibility index (Phi) is 5.16. The highest BCUT2D eigenvalue weighted by Gasteiger charge is 2.15. The summed E-state index contributed by atoms with van der Waals surface area (Å²) in [6.07, 6.45) is 10.7. The van der Waals surface area contributed by atoms with Crippen molar-refractivity contribution >= 4 is 16.9 Å². The lowest BCUT2D eigenvalue weighted by atomic mass is 10.0. The fourth-order valence-electron chi connectivity index (χ4n) is 3.84. The highest BCUT2D eigenvalue weighted by molar-refractivity contribution is 5.94. The topological polar surface area (TPSA) is 56.8 Å². The zero-order valence-electron chi connectivity index (χ0n) is 15.4. The Morgan fingerprint density at radius 3 is 2.85 bits per heavy atom. The average Bonchev–Trinajstić information content (AvgIpc) is 3.14. The van der Waals surface area contributed by atoms with Crippen LogP contribution in [0.2, 0.25) is 0 Å². The summed E-state index contributed by atoms with van der Waals surface area (Å²) in [5.74, 6) is 0.739. The largest absolute Gasteiger partial charge is 0.361 e. The van der Waals surface area contributed by atoms with Crippen molar-refractivity contribution in [2.24, 2.45) is 0 Å². The van der Waals surface area contributed by atoms with E-state index < -0.39 is 0 Å². The van der Waals surface area contributed by atoms with Crippen molar-refractivity contribution in [1.82, 2.24) is 19.9 Å². The smallest absolute Gasteiger partial charge is 0.222 e. The van der Waals surface area contributed by atoms with Crippen LogP contribution in [0.15, 0.2) is 42.9 Å². The molecule has 136 valence electrons. The number of nitrogens with zero attached hydrogens (tertiary/aromatic N) is 3. The normalized spacial score (nSPS) is 19.2. The standard InChI is InChI=1S/C21H27N5/c1-2-26-12-4-3-6-17(10-13-26)25-21-23-14-16(15-24-21)18-7-5-8-20-19(18)9-11-22-20/h5,7-9,11,14-15,17,22H,2-4,6,10,12-13H2,1H3,(H,23,24,25). The lowest BCUT2D eigenvalue weighted by Crippen LogP contribution is -2.33. The molecule has 0 saturated carbocycles. The minimum Gasteiger partial charge on any atom is -0.361 e. The molecule has 1 aromatic carbocycles. The number of hydrogen-bond donors (Lipinski definition) is 2. The van der Waals surface area contributed by atoms with Gasteiger partial charge in [0.25, 0.3) is 0 Å². The van der Waals surface area contributed by atoms with Crippen molar-refractivity contribution in [2.75, 3.05) is 25.0 Å². The zero-order chi connectivity index (χ0) is 17.8. The van der Waals surface area contributed by atoms with Crippen LogP contribution in [0.5, 0.6) is 0 Å². The Bertz CT molecular complexity index is 839. The summed E-state index contributed by atoms with van der Waals surface area (Å²) in [7, 11) is 0. The number of benzene rings is 1. The van der Waals surface area contributed by atoms with E-state index in [2.05, 4.69) is 56.4 Å². The van der Waals surface area contributed by atoms with Crippen LogP contribution in [-0.2, 0) is 0 Å². The van der Waals surface area contributed by atoms with Crippen LogP contribution in [0.4, 0.5) is 5.95 Å². The molecule has 1 saturated heterocycles. The fourth-order valence-corrected chi connectivity index (χ4v) is 3.84. The van der Waals surface area contributed by atoms with Crippen LogP contribution in [0, 0.1) is 0 Å².